The molecular formula is C18H27N3O3S2. The van der Waals surface area contributed by atoms with Gasteiger partial charge in [-0.1, -0.05) is 11.8 Å². The van der Waals surface area contributed by atoms with Gasteiger partial charge in [0.15, 0.2) is 5.16 Å². The van der Waals surface area contributed by atoms with Gasteiger partial charge in [0.25, 0.3) is 5.56 Å². The zero-order chi connectivity index (χ0) is 18.8. The fraction of sp³-hybridized carbons (Fsp3) is 0.667. The fourth-order valence-electron chi connectivity index (χ4n) is 3.15. The van der Waals surface area contributed by atoms with Crippen LogP contribution in [0.4, 0.5) is 0 Å². The normalized spacial score (nSPS) is 17.3. The Morgan fingerprint density at radius 2 is 2.00 bits per heavy atom. The number of morpholine rings is 1. The van der Waals surface area contributed by atoms with E-state index in [1.54, 1.807) is 15.9 Å². The SMILES string of the molecule is Cc1sc2nc(SC[C@@H](O)CN3CCOCC3)n(C(C)C)c(=O)c2c1C. The summed E-state index contributed by atoms with van der Waals surface area (Å²) in [7, 11) is 0. The molecule has 3 heterocycles. The lowest BCUT2D eigenvalue weighted by molar-refractivity contribution is 0.0188. The molecule has 8 heteroatoms. The zero-order valence-electron chi connectivity index (χ0n) is 15.8. The lowest BCUT2D eigenvalue weighted by atomic mass is 10.2. The van der Waals surface area contributed by atoms with Gasteiger partial charge in [0.2, 0.25) is 0 Å². The number of β-amino-alcohol motifs (C(OH)–C–C–N with tert-alkyl or cyclic N) is 1. The van der Waals surface area contributed by atoms with Crippen LogP contribution in [0.25, 0.3) is 10.2 Å². The minimum absolute atomic E-state index is 0.0250. The summed E-state index contributed by atoms with van der Waals surface area (Å²) in [5, 5.41) is 11.8. The van der Waals surface area contributed by atoms with E-state index in [0.29, 0.717) is 17.5 Å². The second kappa shape index (κ2) is 8.39. The van der Waals surface area contributed by atoms with Crippen molar-refractivity contribution in [3.63, 3.8) is 0 Å². The third kappa shape index (κ3) is 4.14. The van der Waals surface area contributed by atoms with Crippen LogP contribution in [-0.2, 0) is 4.74 Å². The molecule has 6 nitrogen and oxygen atoms in total. The summed E-state index contributed by atoms with van der Waals surface area (Å²) in [6, 6.07) is 0.0258. The molecule has 0 amide bonds. The Morgan fingerprint density at radius 3 is 2.65 bits per heavy atom. The first-order chi connectivity index (χ1) is 12.4. The molecule has 1 fully saturated rings. The maximum atomic E-state index is 13.0. The highest BCUT2D eigenvalue weighted by atomic mass is 32.2. The van der Waals surface area contributed by atoms with E-state index in [0.717, 1.165) is 47.0 Å². The number of thiophene rings is 1. The summed E-state index contributed by atoms with van der Waals surface area (Å²) in [5.41, 5.74) is 1.05. The summed E-state index contributed by atoms with van der Waals surface area (Å²) in [5.74, 6) is 0.519. The first-order valence-electron chi connectivity index (χ1n) is 9.01. The predicted molar refractivity (Wildman–Crippen MR) is 108 cm³/mol. The number of aliphatic hydroxyl groups is 1. The molecule has 0 aliphatic carbocycles. The standard InChI is InChI=1S/C18H27N3O3S2/c1-11(2)21-17(23)15-12(3)13(4)26-16(15)19-18(21)25-10-14(22)9-20-5-7-24-8-6-20/h11,14,22H,5-10H2,1-4H3/t14-/m0/s1. The highest BCUT2D eigenvalue weighted by Crippen LogP contribution is 2.29. The Kier molecular flexibility index (Phi) is 6.40. The lowest BCUT2D eigenvalue weighted by Crippen LogP contribution is -2.41. The molecule has 0 saturated carbocycles. The van der Waals surface area contributed by atoms with Crippen LogP contribution in [0.2, 0.25) is 0 Å². The number of fused-ring (bicyclic) bond motifs is 1. The lowest BCUT2D eigenvalue weighted by Gasteiger charge is -2.28. The molecule has 1 N–H and O–H groups in total. The molecular weight excluding hydrogens is 370 g/mol. The number of nitrogens with zero attached hydrogens (tertiary/aromatic N) is 3. The van der Waals surface area contributed by atoms with E-state index in [4.69, 9.17) is 9.72 Å². The van der Waals surface area contributed by atoms with E-state index in [1.807, 2.05) is 27.7 Å². The van der Waals surface area contributed by atoms with Crippen LogP contribution in [0.15, 0.2) is 9.95 Å². The van der Waals surface area contributed by atoms with Crippen LogP contribution in [0.3, 0.4) is 0 Å². The maximum Gasteiger partial charge on any atom is 0.263 e. The number of rotatable bonds is 6. The minimum atomic E-state index is -0.460. The highest BCUT2D eigenvalue weighted by molar-refractivity contribution is 7.99. The second-order valence-corrected chi connectivity index (χ2v) is 9.19. The summed E-state index contributed by atoms with van der Waals surface area (Å²) < 4.78 is 7.10. The molecule has 144 valence electrons. The van der Waals surface area contributed by atoms with Gasteiger partial charge in [0.1, 0.15) is 4.83 Å². The molecule has 0 radical (unpaired) electrons. The molecule has 26 heavy (non-hydrogen) atoms. The van der Waals surface area contributed by atoms with E-state index >= 15 is 0 Å². The van der Waals surface area contributed by atoms with Crippen LogP contribution in [-0.4, -0.2) is 64.3 Å². The molecule has 1 saturated heterocycles. The first kappa shape index (κ1) is 19.8. The summed E-state index contributed by atoms with van der Waals surface area (Å²) >= 11 is 3.03. The van der Waals surface area contributed by atoms with Crippen molar-refractivity contribution in [1.82, 2.24) is 14.5 Å². The zero-order valence-corrected chi connectivity index (χ0v) is 17.5. The van der Waals surface area contributed by atoms with Gasteiger partial charge in [-0.05, 0) is 33.3 Å². The average Bonchev–Trinajstić information content (AvgIpc) is 2.88. The monoisotopic (exact) mass is 397 g/mol. The number of hydrogen-bond acceptors (Lipinski definition) is 7. The highest BCUT2D eigenvalue weighted by Gasteiger charge is 2.20. The molecule has 3 rings (SSSR count). The fourth-order valence-corrected chi connectivity index (χ4v) is 5.26. The third-order valence-electron chi connectivity index (χ3n) is 4.70. The molecule has 0 unspecified atom stereocenters. The molecule has 1 aliphatic rings. The molecule has 2 aromatic rings. The van der Waals surface area contributed by atoms with Gasteiger partial charge in [0.05, 0.1) is 24.7 Å². The Morgan fingerprint density at radius 1 is 1.31 bits per heavy atom. The van der Waals surface area contributed by atoms with Gasteiger partial charge < -0.3 is 9.84 Å². The smallest absolute Gasteiger partial charge is 0.263 e. The van der Waals surface area contributed by atoms with E-state index in [-0.39, 0.29) is 11.6 Å². The topological polar surface area (TPSA) is 67.6 Å². The third-order valence-corrected chi connectivity index (χ3v) is 6.90. The van der Waals surface area contributed by atoms with Gasteiger partial charge in [-0.3, -0.25) is 14.3 Å². The Balaban J connectivity index is 1.80. The molecule has 1 aliphatic heterocycles. The van der Waals surface area contributed by atoms with Crippen LogP contribution in [0.5, 0.6) is 0 Å². The van der Waals surface area contributed by atoms with Gasteiger partial charge in [0, 0.05) is 36.3 Å². The van der Waals surface area contributed by atoms with Crippen molar-refractivity contribution in [2.24, 2.45) is 0 Å². The summed E-state index contributed by atoms with van der Waals surface area (Å²) in [4.78, 5) is 21.9. The van der Waals surface area contributed by atoms with Gasteiger partial charge in [-0.25, -0.2) is 4.98 Å². The van der Waals surface area contributed by atoms with Gasteiger partial charge in [-0.2, -0.15) is 0 Å². The van der Waals surface area contributed by atoms with E-state index in [9.17, 15) is 9.90 Å². The first-order valence-corrected chi connectivity index (χ1v) is 10.8. The Hall–Kier alpha value is -0.930. The van der Waals surface area contributed by atoms with Gasteiger partial charge in [-0.15, -0.1) is 11.3 Å². The number of aromatic nitrogens is 2. The van der Waals surface area contributed by atoms with Crippen LogP contribution in [0.1, 0.15) is 30.3 Å². The number of hydrogen-bond donors (Lipinski definition) is 1. The molecule has 0 aromatic carbocycles. The molecule has 0 spiro atoms. The van der Waals surface area contributed by atoms with E-state index in [1.165, 1.54) is 11.8 Å². The second-order valence-electron chi connectivity index (χ2n) is 7.00. The number of thioether (sulfide) groups is 1. The van der Waals surface area contributed by atoms with Crippen molar-refractivity contribution in [2.75, 3.05) is 38.6 Å². The number of aryl methyl sites for hydroxylation is 2. The van der Waals surface area contributed by atoms with Crippen molar-refractivity contribution in [3.8, 4) is 0 Å². The maximum absolute atomic E-state index is 13.0. The molecule has 1 atom stereocenters. The van der Waals surface area contributed by atoms with Crippen molar-refractivity contribution in [2.45, 2.75) is 45.0 Å². The summed E-state index contributed by atoms with van der Waals surface area (Å²) in [6.45, 7) is 11.8. The summed E-state index contributed by atoms with van der Waals surface area (Å²) in [6.07, 6.45) is -0.460. The van der Waals surface area contributed by atoms with Gasteiger partial charge >= 0.3 is 0 Å². The Bertz CT molecular complexity index is 825. The molecule has 0 bridgehead atoms. The van der Waals surface area contributed by atoms with Crippen LogP contribution >= 0.6 is 23.1 Å². The number of ether oxygens (including phenoxy) is 1. The molecule has 2 aromatic heterocycles. The van der Waals surface area contributed by atoms with Crippen LogP contribution in [0, 0.1) is 13.8 Å². The van der Waals surface area contributed by atoms with Crippen molar-refractivity contribution in [3.05, 3.63) is 20.8 Å². The minimum Gasteiger partial charge on any atom is -0.391 e. The van der Waals surface area contributed by atoms with Crippen molar-refractivity contribution < 1.29 is 9.84 Å². The average molecular weight is 398 g/mol. The van der Waals surface area contributed by atoms with Crippen LogP contribution < -0.4 is 5.56 Å². The Labute approximate surface area is 162 Å². The van der Waals surface area contributed by atoms with Crippen molar-refractivity contribution in [1.29, 1.82) is 0 Å². The predicted octanol–water partition coefficient (Wildman–Crippen LogP) is 2.44. The number of aliphatic hydroxyl groups excluding tert-OH is 1. The van der Waals surface area contributed by atoms with Crippen molar-refractivity contribution >= 4 is 33.3 Å². The quantitative estimate of drug-likeness (QED) is 0.597. The van der Waals surface area contributed by atoms with E-state index < -0.39 is 6.10 Å². The van der Waals surface area contributed by atoms with E-state index in [2.05, 4.69) is 4.90 Å². The largest absolute Gasteiger partial charge is 0.391 e.